The Kier molecular flexibility index (Phi) is 5.11. The molecule has 21 heavy (non-hydrogen) atoms. The molecule has 0 atom stereocenters. The van der Waals surface area contributed by atoms with Gasteiger partial charge in [0.05, 0.1) is 24.1 Å². The van der Waals surface area contributed by atoms with E-state index in [1.807, 2.05) is 32.3 Å². The van der Waals surface area contributed by atoms with Crippen LogP contribution in [0.5, 0.6) is 0 Å². The molecular formula is C16H21N3O2. The van der Waals surface area contributed by atoms with Crippen LogP contribution < -0.4 is 0 Å². The third kappa shape index (κ3) is 4.16. The van der Waals surface area contributed by atoms with E-state index in [0.717, 1.165) is 12.2 Å². The van der Waals surface area contributed by atoms with E-state index >= 15 is 0 Å². The lowest BCUT2D eigenvalue weighted by molar-refractivity contribution is 0.0728. The minimum Gasteiger partial charge on any atom is -0.469 e. The molecule has 0 radical (unpaired) electrons. The number of carbonyl (C=O) groups is 1. The molecule has 0 bridgehead atoms. The van der Waals surface area contributed by atoms with E-state index in [1.165, 1.54) is 0 Å². The van der Waals surface area contributed by atoms with Crippen LogP contribution in [0.4, 0.5) is 0 Å². The van der Waals surface area contributed by atoms with Gasteiger partial charge in [0.25, 0.3) is 5.91 Å². The Bertz CT molecular complexity index is 578. The largest absolute Gasteiger partial charge is 0.469 e. The van der Waals surface area contributed by atoms with Crippen LogP contribution in [0.3, 0.4) is 0 Å². The Balaban J connectivity index is 2.15. The fourth-order valence-electron chi connectivity index (χ4n) is 2.04. The highest BCUT2D eigenvalue weighted by molar-refractivity contribution is 5.95. The first-order valence-corrected chi connectivity index (χ1v) is 6.96. The van der Waals surface area contributed by atoms with Gasteiger partial charge in [-0.3, -0.25) is 9.78 Å². The molecule has 5 nitrogen and oxygen atoms in total. The number of furan rings is 1. The fraction of sp³-hybridized carbons (Fsp3) is 0.375. The summed E-state index contributed by atoms with van der Waals surface area (Å²) in [4.78, 5) is 20.8. The number of pyridine rings is 1. The average Bonchev–Trinajstić information content (AvgIpc) is 2.90. The quantitative estimate of drug-likeness (QED) is 0.817. The van der Waals surface area contributed by atoms with Crippen LogP contribution in [0.15, 0.2) is 41.1 Å². The SMILES string of the molecule is Cc1occc1C(=O)N(CCN(C)C)Cc1ccccn1. The molecule has 0 N–H and O–H groups in total. The van der Waals surface area contributed by atoms with Gasteiger partial charge in [-0.05, 0) is 39.2 Å². The number of hydrogen-bond acceptors (Lipinski definition) is 4. The Morgan fingerprint density at radius 1 is 1.24 bits per heavy atom. The van der Waals surface area contributed by atoms with Gasteiger partial charge >= 0.3 is 0 Å². The van der Waals surface area contributed by atoms with Crippen molar-refractivity contribution in [2.24, 2.45) is 0 Å². The number of likely N-dealkylation sites (N-methyl/N-ethyl adjacent to an activating group) is 1. The molecule has 0 aromatic carbocycles. The third-order valence-electron chi connectivity index (χ3n) is 3.27. The first-order chi connectivity index (χ1) is 10.1. The van der Waals surface area contributed by atoms with Gasteiger partial charge in [0, 0.05) is 19.3 Å². The minimum atomic E-state index is -0.0197. The van der Waals surface area contributed by atoms with Crippen molar-refractivity contribution in [1.29, 1.82) is 0 Å². The molecule has 0 fully saturated rings. The van der Waals surface area contributed by atoms with Crippen molar-refractivity contribution in [3.63, 3.8) is 0 Å². The molecule has 112 valence electrons. The zero-order valence-electron chi connectivity index (χ0n) is 12.7. The zero-order chi connectivity index (χ0) is 15.2. The monoisotopic (exact) mass is 287 g/mol. The lowest BCUT2D eigenvalue weighted by Gasteiger charge is -2.24. The molecule has 2 aromatic rings. The second kappa shape index (κ2) is 7.04. The number of nitrogens with zero attached hydrogens (tertiary/aromatic N) is 3. The van der Waals surface area contributed by atoms with Gasteiger partial charge in [-0.25, -0.2) is 0 Å². The highest BCUT2D eigenvalue weighted by Crippen LogP contribution is 2.14. The van der Waals surface area contributed by atoms with Gasteiger partial charge in [-0.15, -0.1) is 0 Å². The summed E-state index contributed by atoms with van der Waals surface area (Å²) in [6, 6.07) is 7.45. The highest BCUT2D eigenvalue weighted by atomic mass is 16.3. The van der Waals surface area contributed by atoms with Crippen molar-refractivity contribution in [3.05, 3.63) is 53.7 Å². The van der Waals surface area contributed by atoms with E-state index in [0.29, 0.717) is 24.4 Å². The van der Waals surface area contributed by atoms with Crippen molar-refractivity contribution >= 4 is 5.91 Å². The standard InChI is InChI=1S/C16H21N3O2/c1-13-15(7-11-21-13)16(20)19(10-9-18(2)3)12-14-6-4-5-8-17-14/h4-8,11H,9-10,12H2,1-3H3. The molecule has 2 rings (SSSR count). The lowest BCUT2D eigenvalue weighted by Crippen LogP contribution is -2.36. The summed E-state index contributed by atoms with van der Waals surface area (Å²) >= 11 is 0. The number of carbonyl (C=O) groups excluding carboxylic acids is 1. The molecule has 5 heteroatoms. The van der Waals surface area contributed by atoms with Gasteiger partial charge < -0.3 is 14.2 Å². The van der Waals surface area contributed by atoms with E-state index in [-0.39, 0.29) is 5.91 Å². The summed E-state index contributed by atoms with van der Waals surface area (Å²) in [5.41, 5.74) is 1.50. The Morgan fingerprint density at radius 2 is 2.05 bits per heavy atom. The second-order valence-electron chi connectivity index (χ2n) is 5.24. The maximum atomic E-state index is 12.7. The predicted octanol–water partition coefficient (Wildman–Crippen LogP) is 2.19. The molecule has 0 saturated heterocycles. The molecule has 2 aromatic heterocycles. The molecule has 0 aliphatic heterocycles. The van der Waals surface area contributed by atoms with Crippen LogP contribution in [0.1, 0.15) is 21.8 Å². The van der Waals surface area contributed by atoms with Crippen LogP contribution in [0, 0.1) is 6.92 Å². The normalized spacial score (nSPS) is 10.9. The molecule has 0 spiro atoms. The van der Waals surface area contributed by atoms with Crippen LogP contribution in [0.25, 0.3) is 0 Å². The van der Waals surface area contributed by atoms with Gasteiger partial charge in [-0.2, -0.15) is 0 Å². The van der Waals surface area contributed by atoms with Crippen LogP contribution in [-0.2, 0) is 6.54 Å². The van der Waals surface area contributed by atoms with E-state index < -0.39 is 0 Å². The maximum Gasteiger partial charge on any atom is 0.257 e. The molecule has 0 unspecified atom stereocenters. The summed E-state index contributed by atoms with van der Waals surface area (Å²) in [5, 5.41) is 0. The van der Waals surface area contributed by atoms with E-state index in [9.17, 15) is 4.79 Å². The number of amides is 1. The molecule has 0 aliphatic carbocycles. The van der Waals surface area contributed by atoms with Crippen molar-refractivity contribution in [1.82, 2.24) is 14.8 Å². The van der Waals surface area contributed by atoms with E-state index in [1.54, 1.807) is 30.4 Å². The van der Waals surface area contributed by atoms with Crippen LogP contribution in [0.2, 0.25) is 0 Å². The van der Waals surface area contributed by atoms with Crippen molar-refractivity contribution in [3.8, 4) is 0 Å². The fourth-order valence-corrected chi connectivity index (χ4v) is 2.04. The third-order valence-corrected chi connectivity index (χ3v) is 3.27. The highest BCUT2D eigenvalue weighted by Gasteiger charge is 2.20. The molecule has 0 aliphatic rings. The lowest BCUT2D eigenvalue weighted by atomic mass is 10.2. The average molecular weight is 287 g/mol. The predicted molar refractivity (Wildman–Crippen MR) is 81.0 cm³/mol. The number of aromatic nitrogens is 1. The van der Waals surface area contributed by atoms with Gasteiger partial charge in [0.2, 0.25) is 0 Å². The first-order valence-electron chi connectivity index (χ1n) is 6.96. The summed E-state index contributed by atoms with van der Waals surface area (Å²) in [5.74, 6) is 0.629. The van der Waals surface area contributed by atoms with E-state index in [4.69, 9.17) is 4.42 Å². The Labute approximate surface area is 125 Å². The second-order valence-corrected chi connectivity index (χ2v) is 5.24. The molecule has 2 heterocycles. The zero-order valence-corrected chi connectivity index (χ0v) is 12.7. The van der Waals surface area contributed by atoms with Gasteiger partial charge in [0.15, 0.2) is 0 Å². The summed E-state index contributed by atoms with van der Waals surface area (Å²) < 4.78 is 5.24. The van der Waals surface area contributed by atoms with Crippen LogP contribution in [-0.4, -0.2) is 47.9 Å². The summed E-state index contributed by atoms with van der Waals surface area (Å²) in [6.45, 7) is 3.75. The Hall–Kier alpha value is -2.14. The molecular weight excluding hydrogens is 266 g/mol. The van der Waals surface area contributed by atoms with Gasteiger partial charge in [0.1, 0.15) is 5.76 Å². The number of hydrogen-bond donors (Lipinski definition) is 0. The van der Waals surface area contributed by atoms with E-state index in [2.05, 4.69) is 9.88 Å². The molecule has 1 amide bonds. The summed E-state index contributed by atoms with van der Waals surface area (Å²) in [6.07, 6.45) is 3.29. The first kappa shape index (κ1) is 15.3. The topological polar surface area (TPSA) is 49.6 Å². The van der Waals surface area contributed by atoms with Gasteiger partial charge in [-0.1, -0.05) is 6.07 Å². The van der Waals surface area contributed by atoms with Crippen molar-refractivity contribution < 1.29 is 9.21 Å². The van der Waals surface area contributed by atoms with Crippen molar-refractivity contribution in [2.75, 3.05) is 27.2 Å². The number of rotatable bonds is 6. The van der Waals surface area contributed by atoms with Crippen LogP contribution >= 0.6 is 0 Å². The number of aryl methyl sites for hydroxylation is 1. The molecule has 0 saturated carbocycles. The maximum absolute atomic E-state index is 12.7. The van der Waals surface area contributed by atoms with Crippen molar-refractivity contribution in [2.45, 2.75) is 13.5 Å². The minimum absolute atomic E-state index is 0.0197. The summed E-state index contributed by atoms with van der Waals surface area (Å²) in [7, 11) is 3.99. The Morgan fingerprint density at radius 3 is 2.62 bits per heavy atom. The smallest absolute Gasteiger partial charge is 0.257 e.